The summed E-state index contributed by atoms with van der Waals surface area (Å²) in [6, 6.07) is 2.95. The van der Waals surface area contributed by atoms with Gasteiger partial charge in [0, 0.05) is 5.56 Å². The molecule has 0 aliphatic rings. The Morgan fingerprint density at radius 3 is 2.76 bits per heavy atom. The van der Waals surface area contributed by atoms with E-state index in [2.05, 4.69) is 10.5 Å². The summed E-state index contributed by atoms with van der Waals surface area (Å²) in [5, 5.41) is 15.2. The Balaban J connectivity index is 2.13. The number of rotatable bonds is 3. The van der Waals surface area contributed by atoms with Crippen LogP contribution in [0.1, 0.15) is 25.8 Å². The molecule has 1 amide bonds. The second kappa shape index (κ2) is 4.38. The van der Waals surface area contributed by atoms with Crippen molar-refractivity contribution in [2.45, 2.75) is 6.92 Å². The van der Waals surface area contributed by atoms with Gasteiger partial charge in [0.15, 0.2) is 0 Å². The van der Waals surface area contributed by atoms with Crippen LogP contribution in [0.15, 0.2) is 22.9 Å². The first-order valence-electron chi connectivity index (χ1n) is 4.63. The first-order valence-corrected chi connectivity index (χ1v) is 5.45. The topological polar surface area (TPSA) is 92.4 Å². The number of carboxylic acids is 1. The van der Waals surface area contributed by atoms with Crippen molar-refractivity contribution in [1.82, 2.24) is 5.16 Å². The van der Waals surface area contributed by atoms with Gasteiger partial charge in [-0.15, -0.1) is 11.3 Å². The van der Waals surface area contributed by atoms with E-state index in [1.54, 1.807) is 6.92 Å². The predicted octanol–water partition coefficient (Wildman–Crippen LogP) is 2.00. The van der Waals surface area contributed by atoms with Gasteiger partial charge in [-0.05, 0) is 19.1 Å². The Labute approximate surface area is 99.9 Å². The summed E-state index contributed by atoms with van der Waals surface area (Å²) in [7, 11) is 0. The fourth-order valence-corrected chi connectivity index (χ4v) is 1.94. The van der Waals surface area contributed by atoms with Gasteiger partial charge in [-0.25, -0.2) is 4.79 Å². The first kappa shape index (κ1) is 11.3. The number of carbonyl (C=O) groups is 2. The van der Waals surface area contributed by atoms with Crippen molar-refractivity contribution in [2.75, 3.05) is 5.32 Å². The minimum Gasteiger partial charge on any atom is -0.477 e. The summed E-state index contributed by atoms with van der Waals surface area (Å²) in [4.78, 5) is 22.5. The minimum atomic E-state index is -1.02. The van der Waals surface area contributed by atoms with Gasteiger partial charge in [0.05, 0.1) is 11.2 Å². The Morgan fingerprint density at radius 1 is 1.47 bits per heavy atom. The number of nitrogens with zero attached hydrogens (tertiary/aromatic N) is 1. The summed E-state index contributed by atoms with van der Waals surface area (Å²) in [5.74, 6) is -1.35. The molecule has 0 radical (unpaired) electrons. The van der Waals surface area contributed by atoms with Crippen molar-refractivity contribution in [2.24, 2.45) is 0 Å². The maximum Gasteiger partial charge on any atom is 0.345 e. The Kier molecular flexibility index (Phi) is 2.92. The number of anilines is 1. The number of amides is 1. The van der Waals surface area contributed by atoms with E-state index in [0.29, 0.717) is 10.6 Å². The van der Waals surface area contributed by atoms with Gasteiger partial charge >= 0.3 is 5.97 Å². The summed E-state index contributed by atoms with van der Waals surface area (Å²) in [5.41, 5.74) is 0.623. The highest BCUT2D eigenvalue weighted by molar-refractivity contribution is 7.18. The largest absolute Gasteiger partial charge is 0.477 e. The Hall–Kier alpha value is -2.15. The zero-order chi connectivity index (χ0) is 12.4. The van der Waals surface area contributed by atoms with Crippen LogP contribution in [0.3, 0.4) is 0 Å². The number of carbonyl (C=O) groups excluding carboxylic acids is 1. The van der Waals surface area contributed by atoms with Gasteiger partial charge in [-0.2, -0.15) is 0 Å². The molecule has 88 valence electrons. The summed E-state index contributed by atoms with van der Waals surface area (Å²) in [6.07, 6.45) is 1.44. The number of aromatic nitrogens is 1. The summed E-state index contributed by atoms with van der Waals surface area (Å²) >= 11 is 0.979. The normalized spacial score (nSPS) is 10.2. The molecule has 0 unspecified atom stereocenters. The zero-order valence-corrected chi connectivity index (χ0v) is 9.58. The van der Waals surface area contributed by atoms with Crippen LogP contribution < -0.4 is 5.32 Å². The first-order chi connectivity index (χ1) is 8.08. The van der Waals surface area contributed by atoms with Crippen LogP contribution in [0.4, 0.5) is 5.00 Å². The lowest BCUT2D eigenvalue weighted by Crippen LogP contribution is -2.10. The van der Waals surface area contributed by atoms with Crippen molar-refractivity contribution < 1.29 is 19.2 Å². The number of thiophene rings is 1. The van der Waals surface area contributed by atoms with Gasteiger partial charge in [0.25, 0.3) is 5.91 Å². The average molecular weight is 252 g/mol. The minimum absolute atomic E-state index is 0.121. The van der Waals surface area contributed by atoms with E-state index in [4.69, 9.17) is 9.63 Å². The number of carboxylic acid groups (broad SMARTS) is 1. The maximum absolute atomic E-state index is 11.7. The van der Waals surface area contributed by atoms with E-state index in [1.165, 1.54) is 18.3 Å². The molecule has 2 rings (SSSR count). The molecule has 0 aromatic carbocycles. The number of hydrogen-bond acceptors (Lipinski definition) is 5. The van der Waals surface area contributed by atoms with E-state index in [1.807, 2.05) is 0 Å². The van der Waals surface area contributed by atoms with E-state index in [0.717, 1.165) is 11.3 Å². The lowest BCUT2D eigenvalue weighted by molar-refractivity contribution is 0.0702. The molecule has 0 atom stereocenters. The molecule has 0 fully saturated rings. The third-order valence-electron chi connectivity index (χ3n) is 2.01. The third kappa shape index (κ3) is 2.34. The SMILES string of the molecule is Cc1cnoc1C(=O)Nc1ccc(C(=O)O)s1. The standard InChI is InChI=1S/C10H8N2O4S/c1-5-4-11-16-8(5)9(13)12-7-3-2-6(17-7)10(14)15/h2-4H,1H3,(H,12,13)(H,14,15). The average Bonchev–Trinajstić information content (AvgIpc) is 2.86. The van der Waals surface area contributed by atoms with Gasteiger partial charge < -0.3 is 14.9 Å². The third-order valence-corrected chi connectivity index (χ3v) is 3.00. The summed E-state index contributed by atoms with van der Waals surface area (Å²) in [6.45, 7) is 1.70. The van der Waals surface area contributed by atoms with Crippen molar-refractivity contribution in [3.8, 4) is 0 Å². The number of aryl methyl sites for hydroxylation is 1. The molecule has 0 bridgehead atoms. The van der Waals surface area contributed by atoms with Crippen LogP contribution in [0, 0.1) is 6.92 Å². The lowest BCUT2D eigenvalue weighted by atomic mass is 10.3. The van der Waals surface area contributed by atoms with Crippen LogP contribution in [0.2, 0.25) is 0 Å². The highest BCUT2D eigenvalue weighted by Crippen LogP contribution is 2.22. The summed E-state index contributed by atoms with van der Waals surface area (Å²) < 4.78 is 4.78. The highest BCUT2D eigenvalue weighted by Gasteiger charge is 2.16. The zero-order valence-electron chi connectivity index (χ0n) is 8.76. The fraction of sp³-hybridized carbons (Fsp3) is 0.100. The van der Waals surface area contributed by atoms with Crippen LogP contribution >= 0.6 is 11.3 Å². The van der Waals surface area contributed by atoms with Crippen molar-refractivity contribution >= 4 is 28.2 Å². The quantitative estimate of drug-likeness (QED) is 0.871. The number of nitrogens with one attached hydrogen (secondary N) is 1. The van der Waals surface area contributed by atoms with Crippen LogP contribution in [0.25, 0.3) is 0 Å². The van der Waals surface area contributed by atoms with Crippen LogP contribution in [-0.4, -0.2) is 22.1 Å². The second-order valence-corrected chi connectivity index (χ2v) is 4.34. The molecule has 0 aliphatic carbocycles. The smallest absolute Gasteiger partial charge is 0.345 e. The van der Waals surface area contributed by atoms with Crippen molar-refractivity contribution in [3.63, 3.8) is 0 Å². The molecule has 17 heavy (non-hydrogen) atoms. The molecule has 0 spiro atoms. The highest BCUT2D eigenvalue weighted by atomic mass is 32.1. The molecule has 2 aromatic rings. The molecule has 0 saturated carbocycles. The van der Waals surface area contributed by atoms with Gasteiger partial charge in [0.1, 0.15) is 4.88 Å². The van der Waals surface area contributed by atoms with E-state index in [-0.39, 0.29) is 10.6 Å². The molecular weight excluding hydrogens is 244 g/mol. The molecule has 2 aromatic heterocycles. The monoisotopic (exact) mass is 252 g/mol. The molecule has 2 N–H and O–H groups in total. The van der Waals surface area contributed by atoms with Gasteiger partial charge in [0.2, 0.25) is 5.76 Å². The van der Waals surface area contributed by atoms with E-state index >= 15 is 0 Å². The van der Waals surface area contributed by atoms with Gasteiger partial charge in [-0.3, -0.25) is 4.79 Å². The second-order valence-electron chi connectivity index (χ2n) is 3.26. The Morgan fingerprint density at radius 2 is 2.24 bits per heavy atom. The van der Waals surface area contributed by atoms with Crippen LogP contribution in [0.5, 0.6) is 0 Å². The molecule has 0 aliphatic heterocycles. The molecular formula is C10H8N2O4S. The molecule has 7 heteroatoms. The lowest BCUT2D eigenvalue weighted by Gasteiger charge is -1.98. The number of aromatic carboxylic acids is 1. The maximum atomic E-state index is 11.7. The molecule has 6 nitrogen and oxygen atoms in total. The van der Waals surface area contributed by atoms with Gasteiger partial charge in [-0.1, -0.05) is 5.16 Å². The van der Waals surface area contributed by atoms with E-state index < -0.39 is 11.9 Å². The Bertz CT molecular complexity index is 572. The predicted molar refractivity (Wildman–Crippen MR) is 60.5 cm³/mol. The molecule has 0 saturated heterocycles. The van der Waals surface area contributed by atoms with E-state index in [9.17, 15) is 9.59 Å². The van der Waals surface area contributed by atoms with Crippen molar-refractivity contribution in [1.29, 1.82) is 0 Å². The van der Waals surface area contributed by atoms with Crippen molar-refractivity contribution in [3.05, 3.63) is 34.5 Å². The molecule has 2 heterocycles. The fourth-order valence-electron chi connectivity index (χ4n) is 1.20. The number of hydrogen-bond donors (Lipinski definition) is 2. The van der Waals surface area contributed by atoms with Crippen LogP contribution in [-0.2, 0) is 0 Å².